The molecule has 0 fully saturated rings. The molecule has 0 radical (unpaired) electrons. The summed E-state index contributed by atoms with van der Waals surface area (Å²) in [6.45, 7) is 2.92. The monoisotopic (exact) mass is 454 g/mol. The Morgan fingerprint density at radius 1 is 0.484 bits per heavy atom. The van der Waals surface area contributed by atoms with Gasteiger partial charge in [0.25, 0.3) is 0 Å². The Labute approximate surface area is 201 Å². The van der Waals surface area contributed by atoms with Gasteiger partial charge in [0.2, 0.25) is 0 Å². The van der Waals surface area contributed by atoms with Crippen molar-refractivity contribution in [1.82, 2.24) is 14.7 Å². The molecule has 4 heteroatoms. The van der Waals surface area contributed by atoms with E-state index >= 15 is 0 Å². The van der Waals surface area contributed by atoms with Crippen molar-refractivity contribution < 1.29 is 17.4 Å². The third-order valence-electron chi connectivity index (χ3n) is 3.78. The third kappa shape index (κ3) is 16.4. The van der Waals surface area contributed by atoms with Crippen LogP contribution in [0.25, 0.3) is 0 Å². The van der Waals surface area contributed by atoms with Crippen molar-refractivity contribution in [3.63, 3.8) is 0 Å². The second-order valence-corrected chi connectivity index (χ2v) is 7.88. The summed E-state index contributed by atoms with van der Waals surface area (Å²) in [4.78, 5) is 6.39. The average molecular weight is 455 g/mol. The van der Waals surface area contributed by atoms with Gasteiger partial charge >= 0.3 is 17.4 Å². The third-order valence-corrected chi connectivity index (χ3v) is 3.78. The second-order valence-electron chi connectivity index (χ2n) is 7.88. The molecular formula is C27H36CrN3+3. The minimum absolute atomic E-state index is 0. The predicted octanol–water partition coefficient (Wildman–Crippen LogP) is 4.64. The molecule has 0 spiro atoms. The van der Waals surface area contributed by atoms with Gasteiger partial charge < -0.3 is 14.7 Å². The van der Waals surface area contributed by atoms with Crippen LogP contribution in [0.1, 0.15) is 16.7 Å². The molecule has 3 rings (SSSR count). The average Bonchev–Trinajstić information content (AvgIpc) is 2.70. The van der Waals surface area contributed by atoms with Crippen molar-refractivity contribution in [2.75, 3.05) is 42.3 Å². The van der Waals surface area contributed by atoms with Crippen molar-refractivity contribution in [2.24, 2.45) is 0 Å². The zero-order valence-electron chi connectivity index (χ0n) is 19.8. The molecule has 0 aromatic heterocycles. The van der Waals surface area contributed by atoms with E-state index in [1.807, 2.05) is 54.6 Å². The largest absolute Gasteiger partial charge is 6.00 e. The van der Waals surface area contributed by atoms with E-state index in [1.54, 1.807) is 0 Å². The Morgan fingerprint density at radius 3 is 0.903 bits per heavy atom. The van der Waals surface area contributed by atoms with Gasteiger partial charge in [-0.25, -0.2) is 0 Å². The Balaban J connectivity index is 0.000000429. The quantitative estimate of drug-likeness (QED) is 0.503. The van der Waals surface area contributed by atoms with Gasteiger partial charge in [0.1, 0.15) is 0 Å². The summed E-state index contributed by atoms with van der Waals surface area (Å²) >= 11 is 0. The topological polar surface area (TPSA) is 9.72 Å². The van der Waals surface area contributed by atoms with Crippen LogP contribution in [0.5, 0.6) is 0 Å². The molecule has 0 atom stereocenters. The number of hydrogen-bond donors (Lipinski definition) is 0. The van der Waals surface area contributed by atoms with E-state index in [9.17, 15) is 0 Å². The van der Waals surface area contributed by atoms with Crippen LogP contribution >= 0.6 is 0 Å². The Bertz CT molecular complexity index is 652. The first-order valence-electron chi connectivity index (χ1n) is 10.2. The first kappa shape index (κ1) is 29.1. The van der Waals surface area contributed by atoms with Crippen LogP contribution in [0.15, 0.2) is 72.8 Å². The fourth-order valence-electron chi connectivity index (χ4n) is 2.61. The molecule has 0 saturated carbocycles. The number of nitrogens with zero attached hydrogens (tertiary/aromatic N) is 3. The van der Waals surface area contributed by atoms with Gasteiger partial charge in [0.05, 0.1) is 0 Å². The standard InChI is InChI=1S/3C9H12N.Cr/c3*1-10(2)8-9-6-4-3-5-7-9;/h3*3-6H,8H2,1-2H3;/q3*-1;+6. The van der Waals surface area contributed by atoms with E-state index in [4.69, 9.17) is 0 Å². The first-order chi connectivity index (χ1) is 14.4. The van der Waals surface area contributed by atoms with Crippen molar-refractivity contribution >= 4 is 0 Å². The summed E-state index contributed by atoms with van der Waals surface area (Å²) in [6, 6.07) is 33.6. The maximum Gasteiger partial charge on any atom is 6.00 e. The predicted molar refractivity (Wildman–Crippen MR) is 128 cm³/mol. The van der Waals surface area contributed by atoms with Crippen LogP contribution in [0.4, 0.5) is 0 Å². The van der Waals surface area contributed by atoms with Gasteiger partial charge in [-0.1, -0.05) is 0 Å². The smallest absolute Gasteiger partial charge is 0.307 e. The van der Waals surface area contributed by atoms with Gasteiger partial charge in [-0.3, -0.25) is 0 Å². The number of rotatable bonds is 6. The fourth-order valence-corrected chi connectivity index (χ4v) is 2.61. The van der Waals surface area contributed by atoms with Gasteiger partial charge in [-0.2, -0.15) is 91.0 Å². The molecule has 0 amide bonds. The van der Waals surface area contributed by atoms with E-state index in [0.717, 1.165) is 19.6 Å². The number of benzene rings is 3. The maximum atomic E-state index is 3.16. The minimum atomic E-state index is 0. The van der Waals surface area contributed by atoms with Crippen molar-refractivity contribution in [1.29, 1.82) is 0 Å². The molecule has 162 valence electrons. The van der Waals surface area contributed by atoms with Crippen molar-refractivity contribution in [3.8, 4) is 0 Å². The van der Waals surface area contributed by atoms with E-state index in [2.05, 4.69) is 93.4 Å². The summed E-state index contributed by atoms with van der Waals surface area (Å²) < 4.78 is 0. The molecule has 0 heterocycles. The second kappa shape index (κ2) is 17.7. The summed E-state index contributed by atoms with van der Waals surface area (Å²) in [5.74, 6) is 0. The van der Waals surface area contributed by atoms with E-state index in [0.29, 0.717) is 0 Å². The number of hydrogen-bond acceptors (Lipinski definition) is 3. The Morgan fingerprint density at radius 2 is 0.742 bits per heavy atom. The van der Waals surface area contributed by atoms with Crippen molar-refractivity contribution in [3.05, 3.63) is 108 Å². The molecule has 0 unspecified atom stereocenters. The fraction of sp³-hybridized carbons (Fsp3) is 0.333. The van der Waals surface area contributed by atoms with Gasteiger partial charge in [-0.05, 0) is 42.3 Å². The first-order valence-corrected chi connectivity index (χ1v) is 10.2. The molecule has 3 aromatic rings. The molecule has 3 aromatic carbocycles. The van der Waals surface area contributed by atoms with E-state index < -0.39 is 0 Å². The van der Waals surface area contributed by atoms with Gasteiger partial charge in [0, 0.05) is 19.6 Å². The molecule has 0 aliphatic heterocycles. The molecule has 3 nitrogen and oxygen atoms in total. The molecule has 0 aliphatic carbocycles. The van der Waals surface area contributed by atoms with Crippen molar-refractivity contribution in [2.45, 2.75) is 19.6 Å². The Hall–Kier alpha value is -1.93. The van der Waals surface area contributed by atoms with Crippen LogP contribution in [-0.4, -0.2) is 57.0 Å². The molecule has 0 bridgehead atoms. The zero-order valence-corrected chi connectivity index (χ0v) is 21.1. The van der Waals surface area contributed by atoms with E-state index in [-0.39, 0.29) is 17.4 Å². The molecule has 31 heavy (non-hydrogen) atoms. The van der Waals surface area contributed by atoms with Crippen LogP contribution in [0, 0.1) is 18.2 Å². The van der Waals surface area contributed by atoms with Crippen LogP contribution in [-0.2, 0) is 37.0 Å². The normalized spacial score (nSPS) is 9.97. The summed E-state index contributed by atoms with van der Waals surface area (Å²) in [7, 11) is 12.3. The summed E-state index contributed by atoms with van der Waals surface area (Å²) in [5, 5.41) is 0. The SMILES string of the molecule is CN(C)Cc1[c-]cccc1.CN(C)Cc1[c-]cccc1.CN(C)Cc1[c-]cccc1.[Cr+6]. The molecular weight excluding hydrogens is 418 g/mol. The summed E-state index contributed by atoms with van der Waals surface area (Å²) in [6.07, 6.45) is 0. The van der Waals surface area contributed by atoms with Crippen LogP contribution in [0.3, 0.4) is 0 Å². The Kier molecular flexibility index (Phi) is 16.6. The van der Waals surface area contributed by atoms with Crippen LogP contribution < -0.4 is 0 Å². The van der Waals surface area contributed by atoms with Gasteiger partial charge in [-0.15, -0.1) is 16.7 Å². The van der Waals surface area contributed by atoms with Gasteiger partial charge in [0.15, 0.2) is 0 Å². The molecule has 0 saturated heterocycles. The van der Waals surface area contributed by atoms with Crippen LogP contribution in [0.2, 0.25) is 0 Å². The zero-order chi connectivity index (χ0) is 22.2. The molecule has 0 N–H and O–H groups in total. The summed E-state index contributed by atoms with van der Waals surface area (Å²) in [5.41, 5.74) is 3.73. The maximum absolute atomic E-state index is 3.16. The van der Waals surface area contributed by atoms with E-state index in [1.165, 1.54) is 16.7 Å². The minimum Gasteiger partial charge on any atom is -0.307 e. The molecule has 0 aliphatic rings.